The minimum atomic E-state index is -0.286. The lowest BCUT2D eigenvalue weighted by molar-refractivity contribution is -0.137. The first kappa shape index (κ1) is 34.7. The fourth-order valence-corrected chi connectivity index (χ4v) is 7.49. The Kier molecular flexibility index (Phi) is 12.2. The van der Waals surface area contributed by atoms with Crippen molar-refractivity contribution < 1.29 is 19.1 Å². The SMILES string of the molecule is COC(=O)N1CCC(N2CCc3ccccc3NC2=O)CC1.Cc1cccc(C[C@@H](C)C(=O)N2CCN(C3CCN(C)CC3)CC2)c1. The van der Waals surface area contributed by atoms with Crippen molar-refractivity contribution in [3.8, 4) is 0 Å². The predicted molar refractivity (Wildman–Crippen MR) is 186 cm³/mol. The number of nitrogens with zero attached hydrogens (tertiary/aromatic N) is 5. The van der Waals surface area contributed by atoms with Crippen LogP contribution in [0.1, 0.15) is 49.3 Å². The van der Waals surface area contributed by atoms with Gasteiger partial charge in [-0.25, -0.2) is 9.59 Å². The number of carbonyl (C=O) groups is 3. The summed E-state index contributed by atoms with van der Waals surface area (Å²) < 4.78 is 4.75. The van der Waals surface area contributed by atoms with Crippen molar-refractivity contribution in [1.29, 1.82) is 0 Å². The van der Waals surface area contributed by atoms with Crippen molar-refractivity contribution in [2.24, 2.45) is 5.92 Å². The highest BCUT2D eigenvalue weighted by molar-refractivity contribution is 5.91. The number of urea groups is 1. The molecular formula is C37H54N6O4. The fourth-order valence-electron chi connectivity index (χ4n) is 7.49. The molecule has 256 valence electrons. The van der Waals surface area contributed by atoms with E-state index >= 15 is 0 Å². The van der Waals surface area contributed by atoms with Gasteiger partial charge in [0, 0.05) is 69.5 Å². The molecule has 4 aliphatic rings. The maximum Gasteiger partial charge on any atom is 0.409 e. The number of nitrogens with one attached hydrogen (secondary N) is 1. The van der Waals surface area contributed by atoms with E-state index in [4.69, 9.17) is 4.74 Å². The van der Waals surface area contributed by atoms with Crippen LogP contribution in [0.3, 0.4) is 0 Å². The van der Waals surface area contributed by atoms with E-state index in [9.17, 15) is 14.4 Å². The first-order valence-corrected chi connectivity index (χ1v) is 17.5. The van der Waals surface area contributed by atoms with E-state index in [1.54, 1.807) is 4.90 Å². The number of fused-ring (bicyclic) bond motifs is 1. The summed E-state index contributed by atoms with van der Waals surface area (Å²) in [6, 6.07) is 17.3. The molecule has 1 N–H and O–H groups in total. The molecule has 10 heteroatoms. The summed E-state index contributed by atoms with van der Waals surface area (Å²) >= 11 is 0. The van der Waals surface area contributed by atoms with Gasteiger partial charge in [-0.2, -0.15) is 0 Å². The maximum atomic E-state index is 12.8. The third kappa shape index (κ3) is 9.26. The van der Waals surface area contributed by atoms with Crippen LogP contribution in [0.25, 0.3) is 0 Å². The fraction of sp³-hybridized carbons (Fsp3) is 0.595. The summed E-state index contributed by atoms with van der Waals surface area (Å²) in [5, 5.41) is 3.00. The Bertz CT molecular complexity index is 1350. The molecule has 0 aliphatic carbocycles. The number of piperidine rings is 2. The number of hydrogen-bond acceptors (Lipinski definition) is 6. The molecule has 10 nitrogen and oxygen atoms in total. The molecule has 0 saturated carbocycles. The first-order chi connectivity index (χ1) is 22.7. The largest absolute Gasteiger partial charge is 0.453 e. The molecule has 4 heterocycles. The molecule has 0 unspecified atom stereocenters. The highest BCUT2D eigenvalue weighted by atomic mass is 16.5. The molecule has 0 radical (unpaired) electrons. The minimum absolute atomic E-state index is 0.0403. The molecule has 4 amide bonds. The quantitative estimate of drug-likeness (QED) is 0.506. The van der Waals surface area contributed by atoms with Crippen LogP contribution in [0.15, 0.2) is 48.5 Å². The zero-order valence-corrected chi connectivity index (χ0v) is 28.8. The molecule has 6 rings (SSSR count). The molecule has 3 saturated heterocycles. The van der Waals surface area contributed by atoms with E-state index in [0.29, 0.717) is 25.5 Å². The highest BCUT2D eigenvalue weighted by Crippen LogP contribution is 2.25. The van der Waals surface area contributed by atoms with Crippen molar-refractivity contribution >= 4 is 23.7 Å². The van der Waals surface area contributed by atoms with Gasteiger partial charge in [-0.3, -0.25) is 9.69 Å². The summed E-state index contributed by atoms with van der Waals surface area (Å²) in [6.07, 6.45) is 5.54. The Hall–Kier alpha value is -3.63. The molecular weight excluding hydrogens is 592 g/mol. The van der Waals surface area contributed by atoms with Gasteiger partial charge >= 0.3 is 12.1 Å². The molecule has 1 atom stereocenters. The monoisotopic (exact) mass is 646 g/mol. The Morgan fingerprint density at radius 2 is 1.53 bits per heavy atom. The third-order valence-electron chi connectivity index (χ3n) is 10.4. The molecule has 2 aromatic carbocycles. The van der Waals surface area contributed by atoms with Crippen LogP contribution in [-0.4, -0.2) is 128 Å². The smallest absolute Gasteiger partial charge is 0.409 e. The Morgan fingerprint density at radius 1 is 0.851 bits per heavy atom. The van der Waals surface area contributed by atoms with Gasteiger partial charge in [-0.15, -0.1) is 0 Å². The van der Waals surface area contributed by atoms with Crippen molar-refractivity contribution in [3.05, 3.63) is 65.2 Å². The van der Waals surface area contributed by atoms with Crippen LogP contribution in [0, 0.1) is 12.8 Å². The van der Waals surface area contributed by atoms with Crippen LogP contribution in [0.5, 0.6) is 0 Å². The molecule has 47 heavy (non-hydrogen) atoms. The third-order valence-corrected chi connectivity index (χ3v) is 10.4. The Labute approximate surface area is 281 Å². The number of methoxy groups -OCH3 is 1. The van der Waals surface area contributed by atoms with Gasteiger partial charge in [0.25, 0.3) is 0 Å². The zero-order valence-electron chi connectivity index (χ0n) is 28.8. The molecule has 3 fully saturated rings. The van der Waals surface area contributed by atoms with Crippen LogP contribution in [0.2, 0.25) is 0 Å². The molecule has 2 aromatic rings. The number of rotatable bonds is 5. The van der Waals surface area contributed by atoms with Gasteiger partial charge in [-0.05, 0) is 82.8 Å². The first-order valence-electron chi connectivity index (χ1n) is 17.5. The van der Waals surface area contributed by atoms with Crippen molar-refractivity contribution in [2.45, 2.75) is 64.5 Å². The molecule has 0 bridgehead atoms. The second-order valence-corrected chi connectivity index (χ2v) is 13.7. The standard InChI is InChI=1S/C21H33N3O.C16H21N3O3/c1-17-5-4-6-19(15-17)16-18(2)21(25)24-13-11-23(12-14-24)20-7-9-22(3)10-8-20;1-22-16(21)18-9-7-13(8-10-18)19-11-6-12-4-2-3-5-14(12)17-15(19)20/h4-6,15,18,20H,7-14,16H2,1-3H3;2-5,13H,6-11H2,1H3,(H,17,20)/t18-;/m1./s1. The van der Waals surface area contributed by atoms with E-state index in [-0.39, 0.29) is 24.1 Å². The van der Waals surface area contributed by atoms with E-state index in [1.165, 1.54) is 49.7 Å². The predicted octanol–water partition coefficient (Wildman–Crippen LogP) is 4.72. The molecule has 4 aliphatic heterocycles. The maximum absolute atomic E-state index is 12.8. The van der Waals surface area contributed by atoms with Gasteiger partial charge in [0.2, 0.25) is 5.91 Å². The second kappa shape index (κ2) is 16.5. The van der Waals surface area contributed by atoms with E-state index in [2.05, 4.69) is 71.2 Å². The van der Waals surface area contributed by atoms with Crippen LogP contribution in [0.4, 0.5) is 15.3 Å². The lowest BCUT2D eigenvalue weighted by Crippen LogP contribution is -2.54. The summed E-state index contributed by atoms with van der Waals surface area (Å²) in [7, 11) is 3.61. The zero-order chi connectivity index (χ0) is 33.3. The van der Waals surface area contributed by atoms with E-state index in [1.807, 2.05) is 23.1 Å². The van der Waals surface area contributed by atoms with Crippen molar-refractivity contribution in [1.82, 2.24) is 24.5 Å². The Balaban J connectivity index is 0.000000186. The van der Waals surface area contributed by atoms with E-state index in [0.717, 1.165) is 63.6 Å². The highest BCUT2D eigenvalue weighted by Gasteiger charge is 2.32. The number of benzene rings is 2. The lowest BCUT2D eigenvalue weighted by atomic mass is 9.98. The summed E-state index contributed by atoms with van der Waals surface area (Å²) in [5.74, 6) is 0.390. The number of ether oxygens (including phenoxy) is 1. The van der Waals surface area contributed by atoms with Crippen molar-refractivity contribution in [3.63, 3.8) is 0 Å². The second-order valence-electron chi connectivity index (χ2n) is 13.7. The normalized spacial score (nSPS) is 20.8. The van der Waals surface area contributed by atoms with E-state index < -0.39 is 0 Å². The van der Waals surface area contributed by atoms with Crippen LogP contribution < -0.4 is 5.32 Å². The summed E-state index contributed by atoms with van der Waals surface area (Å²) in [4.78, 5) is 47.5. The topological polar surface area (TPSA) is 88.7 Å². The summed E-state index contributed by atoms with van der Waals surface area (Å²) in [6.45, 7) is 12.4. The lowest BCUT2D eigenvalue weighted by Gasteiger charge is -2.42. The average Bonchev–Trinajstić information content (AvgIpc) is 3.26. The van der Waals surface area contributed by atoms with Gasteiger partial charge in [0.05, 0.1) is 7.11 Å². The number of anilines is 1. The minimum Gasteiger partial charge on any atom is -0.453 e. The number of likely N-dealkylation sites (tertiary alicyclic amines) is 2. The van der Waals surface area contributed by atoms with Crippen LogP contribution >= 0.6 is 0 Å². The number of para-hydroxylation sites is 1. The van der Waals surface area contributed by atoms with Crippen LogP contribution in [-0.2, 0) is 22.4 Å². The van der Waals surface area contributed by atoms with Gasteiger partial charge < -0.3 is 29.7 Å². The summed E-state index contributed by atoms with van der Waals surface area (Å²) in [5.41, 5.74) is 4.61. The van der Waals surface area contributed by atoms with Gasteiger partial charge in [0.1, 0.15) is 0 Å². The Morgan fingerprint density at radius 3 is 2.21 bits per heavy atom. The number of aryl methyl sites for hydroxylation is 1. The van der Waals surface area contributed by atoms with Gasteiger partial charge in [0.15, 0.2) is 0 Å². The molecule has 0 aromatic heterocycles. The number of carbonyl (C=O) groups excluding carboxylic acids is 3. The number of piperazine rings is 1. The number of hydrogen-bond donors (Lipinski definition) is 1. The van der Waals surface area contributed by atoms with Crippen molar-refractivity contribution in [2.75, 3.05) is 78.4 Å². The van der Waals surface area contributed by atoms with Gasteiger partial charge in [-0.1, -0.05) is 55.0 Å². The average molecular weight is 647 g/mol. The molecule has 0 spiro atoms. The number of amides is 4.